The zero-order chi connectivity index (χ0) is 16.4. The van der Waals surface area contributed by atoms with Gasteiger partial charge in [-0.2, -0.15) is 0 Å². The van der Waals surface area contributed by atoms with Crippen molar-refractivity contribution in [2.75, 3.05) is 13.1 Å². The molecule has 7 heteroatoms. The van der Waals surface area contributed by atoms with E-state index in [-0.39, 0.29) is 24.8 Å². The summed E-state index contributed by atoms with van der Waals surface area (Å²) >= 11 is 1.51. The number of pyridine rings is 1. The fourth-order valence-electron chi connectivity index (χ4n) is 2.95. The first kappa shape index (κ1) is 15.6. The van der Waals surface area contributed by atoms with Crippen molar-refractivity contribution in [3.05, 3.63) is 46.2 Å². The van der Waals surface area contributed by atoms with Crippen LogP contribution in [-0.2, 0) is 16.0 Å². The lowest BCUT2D eigenvalue weighted by atomic mass is 9.90. The molecule has 23 heavy (non-hydrogen) atoms. The smallest absolute Gasteiger partial charge is 0.308 e. The quantitative estimate of drug-likeness (QED) is 0.922. The Morgan fingerprint density at radius 3 is 2.87 bits per heavy atom. The second-order valence-electron chi connectivity index (χ2n) is 5.67. The molecule has 0 aromatic carbocycles. The molecule has 1 aliphatic rings. The van der Waals surface area contributed by atoms with Gasteiger partial charge in [0, 0.05) is 36.8 Å². The van der Waals surface area contributed by atoms with E-state index >= 15 is 0 Å². The summed E-state index contributed by atoms with van der Waals surface area (Å²) in [4.78, 5) is 34.0. The highest BCUT2D eigenvalue weighted by Crippen LogP contribution is 2.32. The van der Waals surface area contributed by atoms with Crippen LogP contribution >= 0.6 is 11.3 Å². The van der Waals surface area contributed by atoms with Gasteiger partial charge in [0.15, 0.2) is 0 Å². The van der Waals surface area contributed by atoms with Crippen LogP contribution in [0.3, 0.4) is 0 Å². The number of thiazole rings is 1. The minimum atomic E-state index is -0.876. The summed E-state index contributed by atoms with van der Waals surface area (Å²) in [6.07, 6.45) is 3.55. The van der Waals surface area contributed by atoms with Crippen LogP contribution in [0.5, 0.6) is 0 Å². The van der Waals surface area contributed by atoms with Gasteiger partial charge in [0.05, 0.1) is 23.0 Å². The maximum Gasteiger partial charge on any atom is 0.308 e. The Balaban J connectivity index is 1.74. The molecular formula is C16H17N3O3S. The highest BCUT2D eigenvalue weighted by Gasteiger charge is 2.40. The number of hydrogen-bond acceptors (Lipinski definition) is 5. The first-order valence-corrected chi connectivity index (χ1v) is 8.24. The van der Waals surface area contributed by atoms with Gasteiger partial charge >= 0.3 is 5.97 Å². The maximum atomic E-state index is 12.5. The molecule has 6 nitrogen and oxygen atoms in total. The molecule has 1 saturated heterocycles. The van der Waals surface area contributed by atoms with Gasteiger partial charge in [0.2, 0.25) is 5.91 Å². The molecule has 120 valence electrons. The van der Waals surface area contributed by atoms with Crippen molar-refractivity contribution in [1.29, 1.82) is 0 Å². The molecular weight excluding hydrogens is 314 g/mol. The lowest BCUT2D eigenvalue weighted by Crippen LogP contribution is -2.31. The third-order valence-corrected chi connectivity index (χ3v) is 4.92. The number of carbonyl (C=O) groups excluding carboxylic acids is 1. The summed E-state index contributed by atoms with van der Waals surface area (Å²) < 4.78 is 0. The number of carboxylic acid groups (broad SMARTS) is 1. The van der Waals surface area contributed by atoms with Gasteiger partial charge in [-0.25, -0.2) is 4.98 Å². The Labute approximate surface area is 137 Å². The van der Waals surface area contributed by atoms with Crippen molar-refractivity contribution in [3.63, 3.8) is 0 Å². The highest BCUT2D eigenvalue weighted by atomic mass is 32.1. The van der Waals surface area contributed by atoms with E-state index < -0.39 is 11.9 Å². The second-order valence-corrected chi connectivity index (χ2v) is 6.73. The molecule has 0 radical (unpaired) electrons. The molecule has 1 amide bonds. The standard InChI is InChI=1S/C16H17N3O3S/c1-10-18-12(9-23-10)5-15(20)19-7-13(14(8-19)16(21)22)11-3-2-4-17-6-11/h2-4,6,9,13-14H,5,7-8H2,1H3,(H,21,22)/t13-,14+/m0/s1. The van der Waals surface area contributed by atoms with Crippen LogP contribution < -0.4 is 0 Å². The molecule has 0 unspecified atom stereocenters. The molecule has 2 aromatic heterocycles. The zero-order valence-electron chi connectivity index (χ0n) is 12.7. The maximum absolute atomic E-state index is 12.5. The van der Waals surface area contributed by atoms with Crippen molar-refractivity contribution in [3.8, 4) is 0 Å². The van der Waals surface area contributed by atoms with Crippen LogP contribution in [0.25, 0.3) is 0 Å². The van der Waals surface area contributed by atoms with E-state index in [1.165, 1.54) is 11.3 Å². The minimum Gasteiger partial charge on any atom is -0.481 e. The van der Waals surface area contributed by atoms with Crippen LogP contribution in [-0.4, -0.2) is 44.9 Å². The number of rotatable bonds is 4. The predicted molar refractivity (Wildman–Crippen MR) is 85.2 cm³/mol. The Morgan fingerprint density at radius 2 is 2.26 bits per heavy atom. The van der Waals surface area contributed by atoms with Crippen LogP contribution in [0.1, 0.15) is 22.2 Å². The summed E-state index contributed by atoms with van der Waals surface area (Å²) in [6.45, 7) is 2.54. The molecule has 2 atom stereocenters. The zero-order valence-corrected chi connectivity index (χ0v) is 13.5. The van der Waals surface area contributed by atoms with Crippen molar-refractivity contribution < 1.29 is 14.7 Å². The van der Waals surface area contributed by atoms with Gasteiger partial charge in [0.1, 0.15) is 0 Å². The summed E-state index contributed by atoms with van der Waals surface area (Å²) in [7, 11) is 0. The number of amides is 1. The largest absolute Gasteiger partial charge is 0.481 e. The van der Waals surface area contributed by atoms with Gasteiger partial charge in [-0.15, -0.1) is 11.3 Å². The van der Waals surface area contributed by atoms with E-state index in [9.17, 15) is 14.7 Å². The molecule has 1 aliphatic heterocycles. The average molecular weight is 331 g/mol. The summed E-state index contributed by atoms with van der Waals surface area (Å²) in [5, 5.41) is 12.3. The van der Waals surface area contributed by atoms with E-state index in [1.54, 1.807) is 23.4 Å². The molecule has 1 fully saturated rings. The number of likely N-dealkylation sites (tertiary alicyclic amines) is 1. The molecule has 0 bridgehead atoms. The van der Waals surface area contributed by atoms with E-state index in [0.29, 0.717) is 6.54 Å². The molecule has 3 heterocycles. The Kier molecular flexibility index (Phi) is 4.38. The summed E-state index contributed by atoms with van der Waals surface area (Å²) in [5.74, 6) is -1.77. The molecule has 1 N–H and O–H groups in total. The monoisotopic (exact) mass is 331 g/mol. The summed E-state index contributed by atoms with van der Waals surface area (Å²) in [5.41, 5.74) is 1.61. The molecule has 3 rings (SSSR count). The molecule has 0 spiro atoms. The number of nitrogens with zero attached hydrogens (tertiary/aromatic N) is 3. The minimum absolute atomic E-state index is 0.0760. The van der Waals surface area contributed by atoms with E-state index in [0.717, 1.165) is 16.3 Å². The Hall–Kier alpha value is -2.28. The molecule has 2 aromatic rings. The van der Waals surface area contributed by atoms with Crippen molar-refractivity contribution in [1.82, 2.24) is 14.9 Å². The average Bonchev–Trinajstić information content (AvgIpc) is 3.15. The first-order valence-electron chi connectivity index (χ1n) is 7.36. The Morgan fingerprint density at radius 1 is 1.43 bits per heavy atom. The van der Waals surface area contributed by atoms with Gasteiger partial charge in [-0.3, -0.25) is 14.6 Å². The third kappa shape index (κ3) is 3.39. The second kappa shape index (κ2) is 6.45. The van der Waals surface area contributed by atoms with Crippen LogP contribution in [0.4, 0.5) is 0 Å². The van der Waals surface area contributed by atoms with Gasteiger partial charge in [-0.1, -0.05) is 6.07 Å². The predicted octanol–water partition coefficient (Wildman–Crippen LogP) is 1.72. The number of aryl methyl sites for hydroxylation is 1. The fourth-order valence-corrected chi connectivity index (χ4v) is 3.56. The van der Waals surface area contributed by atoms with Gasteiger partial charge in [0.25, 0.3) is 0 Å². The lowest BCUT2D eigenvalue weighted by molar-refractivity contribution is -0.141. The first-order chi connectivity index (χ1) is 11.0. The Bertz CT molecular complexity index is 716. The normalized spacial score (nSPS) is 20.7. The van der Waals surface area contributed by atoms with E-state index in [4.69, 9.17) is 0 Å². The number of carboxylic acids is 1. The number of carbonyl (C=O) groups is 2. The molecule has 0 saturated carbocycles. The lowest BCUT2D eigenvalue weighted by Gasteiger charge is -2.15. The number of aromatic nitrogens is 2. The highest BCUT2D eigenvalue weighted by molar-refractivity contribution is 7.09. The van der Waals surface area contributed by atoms with Crippen molar-refractivity contribution in [2.24, 2.45) is 5.92 Å². The fraction of sp³-hybridized carbons (Fsp3) is 0.375. The van der Waals surface area contributed by atoms with Crippen molar-refractivity contribution >= 4 is 23.2 Å². The topological polar surface area (TPSA) is 83.4 Å². The molecule has 0 aliphatic carbocycles. The van der Waals surface area contributed by atoms with Crippen LogP contribution in [0.2, 0.25) is 0 Å². The third-order valence-electron chi connectivity index (χ3n) is 4.10. The van der Waals surface area contributed by atoms with Crippen LogP contribution in [0, 0.1) is 12.8 Å². The number of hydrogen-bond donors (Lipinski definition) is 1. The van der Waals surface area contributed by atoms with E-state index in [2.05, 4.69) is 9.97 Å². The van der Waals surface area contributed by atoms with Crippen LogP contribution in [0.15, 0.2) is 29.9 Å². The van der Waals surface area contributed by atoms with Gasteiger partial charge < -0.3 is 10.0 Å². The van der Waals surface area contributed by atoms with Gasteiger partial charge in [-0.05, 0) is 18.6 Å². The van der Waals surface area contributed by atoms with Crippen molar-refractivity contribution in [2.45, 2.75) is 19.3 Å². The SMILES string of the molecule is Cc1nc(CC(=O)N2C[C@@H](C(=O)O)[C@H](c3cccnc3)C2)cs1. The summed E-state index contributed by atoms with van der Waals surface area (Å²) in [6, 6.07) is 3.65. The number of aliphatic carboxylic acids is 1. The van der Waals surface area contributed by atoms with E-state index in [1.807, 2.05) is 18.4 Å².